The van der Waals surface area contributed by atoms with Crippen LogP contribution in [0.15, 0.2) is 18.3 Å². The molecular formula is C14H23N3O2. The molecule has 106 valence electrons. The number of rotatable bonds is 6. The van der Waals surface area contributed by atoms with Gasteiger partial charge in [-0.3, -0.25) is 4.90 Å². The lowest BCUT2D eigenvalue weighted by Crippen LogP contribution is -2.36. The molecule has 0 saturated carbocycles. The van der Waals surface area contributed by atoms with E-state index in [1.54, 1.807) is 7.11 Å². The molecule has 1 fully saturated rings. The van der Waals surface area contributed by atoms with Crippen molar-refractivity contribution in [3.8, 4) is 5.88 Å². The van der Waals surface area contributed by atoms with Gasteiger partial charge in [0.15, 0.2) is 0 Å². The molecule has 2 unspecified atom stereocenters. The van der Waals surface area contributed by atoms with Crippen molar-refractivity contribution < 1.29 is 9.47 Å². The van der Waals surface area contributed by atoms with Crippen LogP contribution < -0.4 is 10.5 Å². The lowest BCUT2D eigenvalue weighted by atomic mass is 10.1. The molecule has 1 saturated heterocycles. The zero-order valence-electron chi connectivity index (χ0n) is 11.7. The van der Waals surface area contributed by atoms with E-state index in [9.17, 15) is 0 Å². The predicted octanol–water partition coefficient (Wildman–Crippen LogP) is 1.20. The Morgan fingerprint density at radius 2 is 2.42 bits per heavy atom. The molecule has 1 aliphatic rings. The van der Waals surface area contributed by atoms with Crippen LogP contribution in [-0.2, 0) is 4.74 Å². The molecule has 1 aromatic rings. The molecule has 0 bridgehead atoms. The maximum atomic E-state index is 5.91. The highest BCUT2D eigenvalue weighted by molar-refractivity contribution is 5.21. The van der Waals surface area contributed by atoms with Gasteiger partial charge in [0, 0.05) is 38.0 Å². The van der Waals surface area contributed by atoms with Gasteiger partial charge in [-0.25, -0.2) is 4.98 Å². The maximum Gasteiger partial charge on any atom is 0.212 e. The van der Waals surface area contributed by atoms with Crippen molar-refractivity contribution in [1.29, 1.82) is 0 Å². The number of hydrogen-bond acceptors (Lipinski definition) is 5. The van der Waals surface area contributed by atoms with Crippen molar-refractivity contribution in [2.45, 2.75) is 25.0 Å². The summed E-state index contributed by atoms with van der Waals surface area (Å²) in [6.07, 6.45) is 4.48. The molecule has 0 amide bonds. The van der Waals surface area contributed by atoms with Crippen molar-refractivity contribution >= 4 is 0 Å². The van der Waals surface area contributed by atoms with Gasteiger partial charge in [-0.15, -0.1) is 0 Å². The Morgan fingerprint density at radius 3 is 2.95 bits per heavy atom. The fourth-order valence-electron chi connectivity index (χ4n) is 2.52. The minimum absolute atomic E-state index is 0.169. The summed E-state index contributed by atoms with van der Waals surface area (Å²) in [6, 6.07) is 4.07. The van der Waals surface area contributed by atoms with Crippen LogP contribution >= 0.6 is 0 Å². The Labute approximate surface area is 114 Å². The second kappa shape index (κ2) is 6.84. The molecular weight excluding hydrogens is 242 g/mol. The average molecular weight is 265 g/mol. The summed E-state index contributed by atoms with van der Waals surface area (Å²) in [5.74, 6) is 0.626. The first-order valence-electron chi connectivity index (χ1n) is 6.76. The molecule has 5 nitrogen and oxygen atoms in total. The van der Waals surface area contributed by atoms with Crippen LogP contribution in [0.1, 0.15) is 24.4 Å². The monoisotopic (exact) mass is 265 g/mol. The van der Waals surface area contributed by atoms with Crippen LogP contribution in [0, 0.1) is 0 Å². The third kappa shape index (κ3) is 3.65. The molecule has 2 N–H and O–H groups in total. The van der Waals surface area contributed by atoms with Crippen molar-refractivity contribution in [2.24, 2.45) is 5.73 Å². The molecule has 0 aliphatic carbocycles. The van der Waals surface area contributed by atoms with E-state index in [0.717, 1.165) is 31.6 Å². The summed E-state index contributed by atoms with van der Waals surface area (Å²) in [6.45, 7) is 2.36. The number of likely N-dealkylation sites (N-methyl/N-ethyl adjacent to an activating group) is 1. The van der Waals surface area contributed by atoms with Crippen molar-refractivity contribution in [3.05, 3.63) is 23.9 Å². The van der Waals surface area contributed by atoms with Crippen LogP contribution in [0.5, 0.6) is 5.88 Å². The van der Waals surface area contributed by atoms with E-state index in [1.165, 1.54) is 0 Å². The second-order valence-electron chi connectivity index (χ2n) is 4.96. The highest BCUT2D eigenvalue weighted by Gasteiger charge is 2.22. The van der Waals surface area contributed by atoms with E-state index in [4.69, 9.17) is 15.2 Å². The van der Waals surface area contributed by atoms with Gasteiger partial charge in [-0.2, -0.15) is 0 Å². The Bertz CT molecular complexity index is 377. The van der Waals surface area contributed by atoms with Crippen LogP contribution in [0.3, 0.4) is 0 Å². The third-order valence-electron chi connectivity index (χ3n) is 3.62. The van der Waals surface area contributed by atoms with Crippen LogP contribution in [0.4, 0.5) is 0 Å². The van der Waals surface area contributed by atoms with Crippen molar-refractivity contribution in [2.75, 3.05) is 33.9 Å². The smallest absolute Gasteiger partial charge is 0.212 e. The van der Waals surface area contributed by atoms with Gasteiger partial charge < -0.3 is 15.2 Å². The van der Waals surface area contributed by atoms with Gasteiger partial charge in [-0.1, -0.05) is 6.07 Å². The number of hydrogen-bond donors (Lipinski definition) is 1. The fourth-order valence-corrected chi connectivity index (χ4v) is 2.52. The number of ether oxygens (including phenoxy) is 2. The molecule has 19 heavy (non-hydrogen) atoms. The zero-order chi connectivity index (χ0) is 13.7. The van der Waals surface area contributed by atoms with Gasteiger partial charge in [0.05, 0.1) is 13.2 Å². The summed E-state index contributed by atoms with van der Waals surface area (Å²) in [7, 11) is 3.70. The topological polar surface area (TPSA) is 60.6 Å². The highest BCUT2D eigenvalue weighted by Crippen LogP contribution is 2.22. The Hall–Kier alpha value is -1.17. The van der Waals surface area contributed by atoms with Crippen LogP contribution in [-0.4, -0.2) is 49.8 Å². The van der Waals surface area contributed by atoms with Crippen molar-refractivity contribution in [3.63, 3.8) is 0 Å². The molecule has 0 aromatic carbocycles. The van der Waals surface area contributed by atoms with Crippen molar-refractivity contribution in [1.82, 2.24) is 9.88 Å². The minimum atomic E-state index is 0.169. The largest absolute Gasteiger partial charge is 0.481 e. The fraction of sp³-hybridized carbons (Fsp3) is 0.643. The molecule has 2 atom stereocenters. The second-order valence-corrected chi connectivity index (χ2v) is 4.96. The first-order valence-corrected chi connectivity index (χ1v) is 6.76. The Kier molecular flexibility index (Phi) is 5.13. The number of methoxy groups -OCH3 is 1. The summed E-state index contributed by atoms with van der Waals surface area (Å²) < 4.78 is 10.7. The maximum absolute atomic E-state index is 5.91. The van der Waals surface area contributed by atoms with E-state index >= 15 is 0 Å². The van der Waals surface area contributed by atoms with E-state index < -0.39 is 0 Å². The van der Waals surface area contributed by atoms with Crippen LogP contribution in [0.2, 0.25) is 0 Å². The normalized spacial score (nSPS) is 20.7. The molecule has 1 aromatic heterocycles. The van der Waals surface area contributed by atoms with Gasteiger partial charge in [0.1, 0.15) is 0 Å². The number of aromatic nitrogens is 1. The molecule has 5 heteroatoms. The molecule has 2 heterocycles. The van der Waals surface area contributed by atoms with Gasteiger partial charge in [0.25, 0.3) is 0 Å². The summed E-state index contributed by atoms with van der Waals surface area (Å²) in [5.41, 5.74) is 7.02. The Balaban J connectivity index is 2.00. The SMILES string of the molecule is COc1ccc(C(CN)N(C)CC2CCCO2)cn1. The standard InChI is InChI=1S/C14H23N3O2/c1-17(10-12-4-3-7-19-12)13(8-15)11-5-6-14(18-2)16-9-11/h5-6,9,12-13H,3-4,7-8,10,15H2,1-2H3. The first-order chi connectivity index (χ1) is 9.24. The highest BCUT2D eigenvalue weighted by atomic mass is 16.5. The summed E-state index contributed by atoms with van der Waals surface area (Å²) >= 11 is 0. The first kappa shape index (κ1) is 14.2. The van der Waals surface area contributed by atoms with E-state index in [2.05, 4.69) is 16.9 Å². The van der Waals surface area contributed by atoms with Crippen LogP contribution in [0.25, 0.3) is 0 Å². The zero-order valence-corrected chi connectivity index (χ0v) is 11.7. The van der Waals surface area contributed by atoms with E-state index in [1.807, 2.05) is 18.3 Å². The molecule has 0 spiro atoms. The quantitative estimate of drug-likeness (QED) is 0.837. The Morgan fingerprint density at radius 1 is 1.58 bits per heavy atom. The number of nitrogens with zero attached hydrogens (tertiary/aromatic N) is 2. The number of pyridine rings is 1. The lowest BCUT2D eigenvalue weighted by Gasteiger charge is -2.29. The molecule has 2 rings (SSSR count). The number of nitrogens with two attached hydrogens (primary N) is 1. The molecule has 1 aliphatic heterocycles. The van der Waals surface area contributed by atoms with Gasteiger partial charge in [0.2, 0.25) is 5.88 Å². The van der Waals surface area contributed by atoms with E-state index in [0.29, 0.717) is 18.5 Å². The third-order valence-corrected chi connectivity index (χ3v) is 3.62. The molecule has 0 radical (unpaired) electrons. The van der Waals surface area contributed by atoms with Gasteiger partial charge >= 0.3 is 0 Å². The predicted molar refractivity (Wildman–Crippen MR) is 74.2 cm³/mol. The summed E-state index contributed by atoms with van der Waals surface area (Å²) in [4.78, 5) is 6.49. The average Bonchev–Trinajstić information content (AvgIpc) is 2.93. The van der Waals surface area contributed by atoms with E-state index in [-0.39, 0.29) is 6.04 Å². The summed E-state index contributed by atoms with van der Waals surface area (Å²) in [5, 5.41) is 0. The minimum Gasteiger partial charge on any atom is -0.481 e. The van der Waals surface area contributed by atoms with Gasteiger partial charge in [-0.05, 0) is 25.5 Å². The lowest BCUT2D eigenvalue weighted by molar-refractivity contribution is 0.0689.